The van der Waals surface area contributed by atoms with Crippen molar-refractivity contribution in [2.24, 2.45) is 0 Å². The Hall–Kier alpha value is -1.76. The molecule has 0 aliphatic carbocycles. The average Bonchev–Trinajstić information content (AvgIpc) is 2.39. The van der Waals surface area contributed by atoms with Crippen LogP contribution in [0.3, 0.4) is 0 Å². The number of nitrogens with one attached hydrogen (secondary N) is 1. The minimum Gasteiger partial charge on any atom is -0.381 e. The predicted molar refractivity (Wildman–Crippen MR) is 79.1 cm³/mol. The molecule has 18 heavy (non-hydrogen) atoms. The number of aryl methyl sites for hydroxylation is 3. The van der Waals surface area contributed by atoms with Crippen LogP contribution in [0.5, 0.6) is 0 Å². The molecular weight excluding hydrogens is 218 g/mol. The monoisotopic (exact) mass is 239 g/mol. The third-order valence-corrected chi connectivity index (χ3v) is 3.35. The standard InChI is InChI=1S/C17H21N/c1-4-16-11-17(10-7-14(16)3)18-12-15-8-5-13(2)6-9-15/h5-11,18H,4,12H2,1-3H3. The maximum atomic E-state index is 3.48. The van der Waals surface area contributed by atoms with Gasteiger partial charge in [-0.3, -0.25) is 0 Å². The molecule has 0 aliphatic heterocycles. The molecule has 0 atom stereocenters. The summed E-state index contributed by atoms with van der Waals surface area (Å²) in [7, 11) is 0. The van der Waals surface area contributed by atoms with E-state index in [2.05, 4.69) is 68.6 Å². The first-order chi connectivity index (χ1) is 8.69. The number of benzene rings is 2. The van der Waals surface area contributed by atoms with E-state index >= 15 is 0 Å². The van der Waals surface area contributed by atoms with Crippen LogP contribution in [-0.4, -0.2) is 0 Å². The fourth-order valence-electron chi connectivity index (χ4n) is 2.07. The van der Waals surface area contributed by atoms with Gasteiger partial charge in [-0.1, -0.05) is 42.8 Å². The molecule has 0 heterocycles. The van der Waals surface area contributed by atoms with Crippen molar-refractivity contribution in [3.63, 3.8) is 0 Å². The first kappa shape index (κ1) is 12.7. The average molecular weight is 239 g/mol. The fraction of sp³-hybridized carbons (Fsp3) is 0.294. The number of hydrogen-bond donors (Lipinski definition) is 1. The summed E-state index contributed by atoms with van der Waals surface area (Å²) in [6.45, 7) is 7.37. The number of rotatable bonds is 4. The van der Waals surface area contributed by atoms with Gasteiger partial charge in [0.05, 0.1) is 0 Å². The van der Waals surface area contributed by atoms with Crippen molar-refractivity contribution in [2.75, 3.05) is 5.32 Å². The normalized spacial score (nSPS) is 10.4. The summed E-state index contributed by atoms with van der Waals surface area (Å²) in [6.07, 6.45) is 1.09. The summed E-state index contributed by atoms with van der Waals surface area (Å²) in [6, 6.07) is 15.3. The lowest BCUT2D eigenvalue weighted by molar-refractivity contribution is 1.09. The molecule has 0 radical (unpaired) electrons. The van der Waals surface area contributed by atoms with Gasteiger partial charge < -0.3 is 5.32 Å². The van der Waals surface area contributed by atoms with Crippen LogP contribution in [0.25, 0.3) is 0 Å². The predicted octanol–water partition coefficient (Wildman–Crippen LogP) is 4.48. The third-order valence-electron chi connectivity index (χ3n) is 3.35. The van der Waals surface area contributed by atoms with Crippen LogP contribution in [0, 0.1) is 13.8 Å². The zero-order valence-electron chi connectivity index (χ0n) is 11.5. The molecule has 2 aromatic rings. The van der Waals surface area contributed by atoms with Gasteiger partial charge in [-0.25, -0.2) is 0 Å². The molecule has 94 valence electrons. The van der Waals surface area contributed by atoms with E-state index in [1.54, 1.807) is 0 Å². The second-order valence-electron chi connectivity index (χ2n) is 4.83. The Morgan fingerprint density at radius 3 is 2.33 bits per heavy atom. The van der Waals surface area contributed by atoms with Gasteiger partial charge in [0.1, 0.15) is 0 Å². The Morgan fingerprint density at radius 2 is 1.67 bits per heavy atom. The van der Waals surface area contributed by atoms with Gasteiger partial charge in [0, 0.05) is 12.2 Å². The van der Waals surface area contributed by atoms with Crippen LogP contribution in [0.2, 0.25) is 0 Å². The minimum absolute atomic E-state index is 0.881. The molecule has 0 aliphatic rings. The number of hydrogen-bond acceptors (Lipinski definition) is 1. The number of anilines is 1. The van der Waals surface area contributed by atoms with E-state index in [-0.39, 0.29) is 0 Å². The van der Waals surface area contributed by atoms with Gasteiger partial charge in [-0.2, -0.15) is 0 Å². The second-order valence-corrected chi connectivity index (χ2v) is 4.83. The molecule has 1 N–H and O–H groups in total. The summed E-state index contributed by atoms with van der Waals surface area (Å²) >= 11 is 0. The molecule has 2 aromatic carbocycles. The molecule has 2 rings (SSSR count). The van der Waals surface area contributed by atoms with Gasteiger partial charge in [-0.15, -0.1) is 0 Å². The quantitative estimate of drug-likeness (QED) is 0.829. The van der Waals surface area contributed by atoms with Gasteiger partial charge in [-0.05, 0) is 49.1 Å². The molecular formula is C17H21N. The molecule has 0 saturated carbocycles. The Bertz CT molecular complexity index is 512. The van der Waals surface area contributed by atoms with Crippen LogP contribution in [0.4, 0.5) is 5.69 Å². The highest BCUT2D eigenvalue weighted by atomic mass is 14.9. The van der Waals surface area contributed by atoms with Gasteiger partial charge >= 0.3 is 0 Å². The van der Waals surface area contributed by atoms with Gasteiger partial charge in [0.2, 0.25) is 0 Å². The van der Waals surface area contributed by atoms with E-state index in [1.807, 2.05) is 0 Å². The smallest absolute Gasteiger partial charge is 0.0400 e. The second kappa shape index (κ2) is 5.72. The van der Waals surface area contributed by atoms with Gasteiger partial charge in [0.25, 0.3) is 0 Å². The van der Waals surface area contributed by atoms with Crippen LogP contribution >= 0.6 is 0 Å². The molecule has 0 bridgehead atoms. The largest absolute Gasteiger partial charge is 0.381 e. The highest BCUT2D eigenvalue weighted by Gasteiger charge is 1.99. The topological polar surface area (TPSA) is 12.0 Å². The van der Waals surface area contributed by atoms with Crippen molar-refractivity contribution in [3.05, 3.63) is 64.7 Å². The van der Waals surface area contributed by atoms with Crippen molar-refractivity contribution in [2.45, 2.75) is 33.7 Å². The first-order valence-corrected chi connectivity index (χ1v) is 6.58. The highest BCUT2D eigenvalue weighted by molar-refractivity contribution is 5.49. The Labute approximate surface area is 110 Å². The van der Waals surface area contributed by atoms with Crippen molar-refractivity contribution in [1.82, 2.24) is 0 Å². The molecule has 1 heteroatoms. The molecule has 1 nitrogen and oxygen atoms in total. The lowest BCUT2D eigenvalue weighted by Gasteiger charge is -2.10. The molecule has 0 aromatic heterocycles. The van der Waals surface area contributed by atoms with E-state index in [0.717, 1.165) is 13.0 Å². The van der Waals surface area contributed by atoms with E-state index < -0.39 is 0 Å². The van der Waals surface area contributed by atoms with Crippen molar-refractivity contribution in [1.29, 1.82) is 0 Å². The van der Waals surface area contributed by atoms with Crippen LogP contribution in [-0.2, 0) is 13.0 Å². The summed E-state index contributed by atoms with van der Waals surface area (Å²) in [5.41, 5.74) is 6.63. The van der Waals surface area contributed by atoms with Crippen molar-refractivity contribution in [3.8, 4) is 0 Å². The van der Waals surface area contributed by atoms with E-state index in [9.17, 15) is 0 Å². The molecule has 0 fully saturated rings. The fourth-order valence-corrected chi connectivity index (χ4v) is 2.07. The Kier molecular flexibility index (Phi) is 4.03. The van der Waals surface area contributed by atoms with Crippen molar-refractivity contribution < 1.29 is 0 Å². The summed E-state index contributed by atoms with van der Waals surface area (Å²) in [4.78, 5) is 0. The molecule has 0 unspecified atom stereocenters. The molecule has 0 amide bonds. The molecule has 0 saturated heterocycles. The summed E-state index contributed by atoms with van der Waals surface area (Å²) < 4.78 is 0. The summed E-state index contributed by atoms with van der Waals surface area (Å²) in [5, 5.41) is 3.48. The summed E-state index contributed by atoms with van der Waals surface area (Å²) in [5.74, 6) is 0. The van der Waals surface area contributed by atoms with E-state index in [1.165, 1.54) is 27.9 Å². The van der Waals surface area contributed by atoms with Crippen LogP contribution in [0.1, 0.15) is 29.2 Å². The van der Waals surface area contributed by atoms with E-state index in [0.29, 0.717) is 0 Å². The maximum absolute atomic E-state index is 3.48. The Balaban J connectivity index is 2.04. The SMILES string of the molecule is CCc1cc(NCc2ccc(C)cc2)ccc1C. The maximum Gasteiger partial charge on any atom is 0.0400 e. The zero-order chi connectivity index (χ0) is 13.0. The highest BCUT2D eigenvalue weighted by Crippen LogP contribution is 2.16. The van der Waals surface area contributed by atoms with Gasteiger partial charge in [0.15, 0.2) is 0 Å². The zero-order valence-corrected chi connectivity index (χ0v) is 11.5. The van der Waals surface area contributed by atoms with Crippen molar-refractivity contribution >= 4 is 5.69 Å². The Morgan fingerprint density at radius 1 is 0.944 bits per heavy atom. The van der Waals surface area contributed by atoms with Crippen LogP contribution < -0.4 is 5.32 Å². The van der Waals surface area contributed by atoms with Crippen LogP contribution in [0.15, 0.2) is 42.5 Å². The minimum atomic E-state index is 0.881. The lowest BCUT2D eigenvalue weighted by Crippen LogP contribution is -2.00. The first-order valence-electron chi connectivity index (χ1n) is 6.58. The molecule has 0 spiro atoms. The lowest BCUT2D eigenvalue weighted by atomic mass is 10.1. The third kappa shape index (κ3) is 3.13. The van der Waals surface area contributed by atoms with E-state index in [4.69, 9.17) is 0 Å².